The van der Waals surface area contributed by atoms with E-state index in [0.717, 1.165) is 0 Å². The number of ether oxygens (including phenoxy) is 1. The highest BCUT2D eigenvalue weighted by Gasteiger charge is 2.07. The highest BCUT2D eigenvalue weighted by atomic mass is 16.5. The molecule has 0 aromatic heterocycles. The van der Waals surface area contributed by atoms with Crippen LogP contribution < -0.4 is 4.74 Å². The van der Waals surface area contributed by atoms with Crippen LogP contribution in [0.3, 0.4) is 0 Å². The number of aliphatic carboxylic acids is 1. The Bertz CT molecular complexity index is 502. The van der Waals surface area contributed by atoms with Gasteiger partial charge in [-0.1, -0.05) is 6.58 Å². The summed E-state index contributed by atoms with van der Waals surface area (Å²) >= 11 is 0. The molecule has 0 saturated heterocycles. The molecule has 0 unspecified atom stereocenters. The van der Waals surface area contributed by atoms with Crippen LogP contribution in [0.4, 0.5) is 0 Å². The number of hydrogen-bond donors (Lipinski definition) is 1. The minimum atomic E-state index is -1.01. The molecular formula is C15H16O5. The first-order chi connectivity index (χ1) is 9.52. The van der Waals surface area contributed by atoms with E-state index in [1.165, 1.54) is 0 Å². The van der Waals surface area contributed by atoms with Gasteiger partial charge in [-0.3, -0.25) is 9.59 Å². The fourth-order valence-electron chi connectivity index (χ4n) is 1.51. The molecule has 0 aliphatic rings. The van der Waals surface area contributed by atoms with Gasteiger partial charge in [-0.05, 0) is 43.5 Å². The van der Waals surface area contributed by atoms with Gasteiger partial charge in [0.05, 0.1) is 0 Å². The van der Waals surface area contributed by atoms with Gasteiger partial charge < -0.3 is 9.84 Å². The first-order valence-corrected chi connectivity index (χ1v) is 6.20. The predicted octanol–water partition coefficient (Wildman–Crippen LogP) is 2.61. The molecule has 1 rings (SSSR count). The Labute approximate surface area is 116 Å². The summed E-state index contributed by atoms with van der Waals surface area (Å²) in [5.41, 5.74) is 0.653. The van der Waals surface area contributed by atoms with Crippen LogP contribution in [0.5, 0.6) is 5.75 Å². The number of aldehydes is 1. The average molecular weight is 276 g/mol. The normalized spacial score (nSPS) is 9.80. The van der Waals surface area contributed by atoms with E-state index < -0.39 is 5.97 Å². The van der Waals surface area contributed by atoms with Crippen LogP contribution in [0, 0.1) is 0 Å². The summed E-state index contributed by atoms with van der Waals surface area (Å²) in [5.74, 6) is -1.01. The Kier molecular flexibility index (Phi) is 6.16. The third kappa shape index (κ3) is 5.48. The molecule has 0 amide bonds. The summed E-state index contributed by atoms with van der Waals surface area (Å²) in [6.07, 6.45) is 2.39. The van der Waals surface area contributed by atoms with Gasteiger partial charge in [0.15, 0.2) is 0 Å². The average Bonchev–Trinajstić information content (AvgIpc) is 2.44. The topological polar surface area (TPSA) is 80.7 Å². The second-order valence-electron chi connectivity index (χ2n) is 4.28. The number of rotatable bonds is 8. The molecule has 5 nitrogen and oxygen atoms in total. The SMILES string of the molecule is C=C(CCCCC(=O)Oc1ccc(C=O)cc1)C(=O)O. The van der Waals surface area contributed by atoms with Crippen LogP contribution in [0.2, 0.25) is 0 Å². The quantitative estimate of drug-likeness (QED) is 0.259. The molecule has 0 saturated carbocycles. The van der Waals surface area contributed by atoms with Gasteiger partial charge in [0.25, 0.3) is 0 Å². The van der Waals surface area contributed by atoms with Gasteiger partial charge in [-0.2, -0.15) is 0 Å². The number of carbonyl (C=O) groups excluding carboxylic acids is 2. The first-order valence-electron chi connectivity index (χ1n) is 6.20. The Morgan fingerprint density at radius 2 is 1.75 bits per heavy atom. The van der Waals surface area contributed by atoms with Gasteiger partial charge in [-0.25, -0.2) is 4.79 Å². The lowest BCUT2D eigenvalue weighted by atomic mass is 10.1. The molecule has 0 spiro atoms. The fraction of sp³-hybridized carbons (Fsp3) is 0.267. The van der Waals surface area contributed by atoms with E-state index in [1.807, 2.05) is 0 Å². The maximum Gasteiger partial charge on any atom is 0.330 e. The van der Waals surface area contributed by atoms with Crippen molar-refractivity contribution >= 4 is 18.2 Å². The number of esters is 1. The third-order valence-electron chi connectivity index (χ3n) is 2.66. The molecule has 1 aromatic rings. The lowest BCUT2D eigenvalue weighted by Crippen LogP contribution is -2.07. The van der Waals surface area contributed by atoms with Crippen LogP contribution in [0.15, 0.2) is 36.4 Å². The Hall–Kier alpha value is -2.43. The van der Waals surface area contributed by atoms with Gasteiger partial charge in [-0.15, -0.1) is 0 Å². The number of carboxylic acids is 1. The first kappa shape index (κ1) is 15.6. The van der Waals surface area contributed by atoms with Crippen molar-refractivity contribution in [2.24, 2.45) is 0 Å². The number of benzene rings is 1. The van der Waals surface area contributed by atoms with Crippen molar-refractivity contribution in [1.82, 2.24) is 0 Å². The number of hydrogen-bond acceptors (Lipinski definition) is 4. The minimum Gasteiger partial charge on any atom is -0.478 e. The second kappa shape index (κ2) is 7.89. The zero-order chi connectivity index (χ0) is 15.0. The standard InChI is InChI=1S/C15H16O5/c1-11(15(18)19)4-2-3-5-14(17)20-13-8-6-12(10-16)7-9-13/h6-10H,1-5H2,(H,18,19). The zero-order valence-corrected chi connectivity index (χ0v) is 11.0. The summed E-state index contributed by atoms with van der Waals surface area (Å²) in [5, 5.41) is 8.61. The summed E-state index contributed by atoms with van der Waals surface area (Å²) in [4.78, 5) is 32.5. The summed E-state index contributed by atoms with van der Waals surface area (Å²) < 4.78 is 5.07. The fourth-order valence-corrected chi connectivity index (χ4v) is 1.51. The molecule has 20 heavy (non-hydrogen) atoms. The van der Waals surface area contributed by atoms with Crippen molar-refractivity contribution in [3.63, 3.8) is 0 Å². The number of carbonyl (C=O) groups is 3. The van der Waals surface area contributed by atoms with E-state index in [2.05, 4.69) is 6.58 Å². The van der Waals surface area contributed by atoms with Crippen LogP contribution in [-0.4, -0.2) is 23.3 Å². The Morgan fingerprint density at radius 3 is 2.30 bits per heavy atom. The van der Waals surface area contributed by atoms with E-state index in [1.54, 1.807) is 24.3 Å². The lowest BCUT2D eigenvalue weighted by molar-refractivity contribution is -0.134. The monoisotopic (exact) mass is 276 g/mol. The molecular weight excluding hydrogens is 260 g/mol. The molecule has 0 atom stereocenters. The highest BCUT2D eigenvalue weighted by Crippen LogP contribution is 2.13. The van der Waals surface area contributed by atoms with E-state index in [-0.39, 0.29) is 18.0 Å². The van der Waals surface area contributed by atoms with Gasteiger partial charge in [0.2, 0.25) is 0 Å². The second-order valence-corrected chi connectivity index (χ2v) is 4.28. The minimum absolute atomic E-state index is 0.141. The van der Waals surface area contributed by atoms with Crippen molar-refractivity contribution in [3.8, 4) is 5.75 Å². The zero-order valence-electron chi connectivity index (χ0n) is 11.0. The lowest BCUT2D eigenvalue weighted by Gasteiger charge is -2.04. The summed E-state index contributed by atoms with van der Waals surface area (Å²) in [6.45, 7) is 3.41. The van der Waals surface area contributed by atoms with Crippen molar-refractivity contribution in [2.45, 2.75) is 25.7 Å². The van der Waals surface area contributed by atoms with Gasteiger partial charge in [0.1, 0.15) is 12.0 Å². The van der Waals surface area contributed by atoms with Crippen LogP contribution in [0.1, 0.15) is 36.0 Å². The number of carboxylic acid groups (broad SMARTS) is 1. The molecule has 0 heterocycles. The molecule has 0 bridgehead atoms. The smallest absolute Gasteiger partial charge is 0.330 e. The van der Waals surface area contributed by atoms with Crippen LogP contribution in [0.25, 0.3) is 0 Å². The molecule has 106 valence electrons. The molecule has 0 radical (unpaired) electrons. The van der Waals surface area contributed by atoms with Crippen LogP contribution >= 0.6 is 0 Å². The molecule has 0 aliphatic carbocycles. The van der Waals surface area contributed by atoms with E-state index in [4.69, 9.17) is 9.84 Å². The summed E-state index contributed by atoms with van der Waals surface area (Å²) in [6, 6.07) is 6.22. The van der Waals surface area contributed by atoms with Gasteiger partial charge in [0, 0.05) is 17.6 Å². The molecule has 0 aliphatic heterocycles. The number of unbranched alkanes of at least 4 members (excludes halogenated alkanes) is 1. The maximum absolute atomic E-state index is 11.5. The van der Waals surface area contributed by atoms with Crippen molar-refractivity contribution in [3.05, 3.63) is 42.0 Å². The highest BCUT2D eigenvalue weighted by molar-refractivity contribution is 5.85. The Morgan fingerprint density at radius 1 is 1.15 bits per heavy atom. The van der Waals surface area contributed by atoms with Gasteiger partial charge >= 0.3 is 11.9 Å². The van der Waals surface area contributed by atoms with Crippen molar-refractivity contribution < 1.29 is 24.2 Å². The molecule has 1 aromatic carbocycles. The van der Waals surface area contributed by atoms with Crippen molar-refractivity contribution in [2.75, 3.05) is 0 Å². The molecule has 5 heteroatoms. The molecule has 0 fully saturated rings. The summed E-state index contributed by atoms with van der Waals surface area (Å²) in [7, 11) is 0. The van der Waals surface area contributed by atoms with E-state index in [9.17, 15) is 14.4 Å². The van der Waals surface area contributed by atoms with E-state index in [0.29, 0.717) is 36.9 Å². The van der Waals surface area contributed by atoms with Crippen LogP contribution in [-0.2, 0) is 9.59 Å². The van der Waals surface area contributed by atoms with E-state index >= 15 is 0 Å². The molecule has 1 N–H and O–H groups in total. The Balaban J connectivity index is 2.27. The third-order valence-corrected chi connectivity index (χ3v) is 2.66. The maximum atomic E-state index is 11.5. The largest absolute Gasteiger partial charge is 0.478 e. The van der Waals surface area contributed by atoms with Crippen molar-refractivity contribution in [1.29, 1.82) is 0 Å². The predicted molar refractivity (Wildman–Crippen MR) is 72.7 cm³/mol.